The van der Waals surface area contributed by atoms with Crippen molar-refractivity contribution in [2.75, 3.05) is 6.61 Å². The van der Waals surface area contributed by atoms with Gasteiger partial charge in [0.2, 0.25) is 0 Å². The monoisotopic (exact) mass is 311 g/mol. The van der Waals surface area contributed by atoms with Gasteiger partial charge in [-0.1, -0.05) is 18.7 Å². The molecule has 0 bridgehead atoms. The molecule has 1 heterocycles. The second-order valence-corrected chi connectivity index (χ2v) is 6.55. The van der Waals surface area contributed by atoms with Gasteiger partial charge in [0, 0.05) is 37.9 Å². The van der Waals surface area contributed by atoms with Crippen LogP contribution in [0.25, 0.3) is 0 Å². The smallest absolute Gasteiger partial charge is 0.120 e. The van der Waals surface area contributed by atoms with Gasteiger partial charge < -0.3 is 4.74 Å². The molecule has 23 heavy (non-hydrogen) atoms. The molecule has 3 rings (SSSR count). The predicted molar refractivity (Wildman–Crippen MR) is 92.2 cm³/mol. The average molecular weight is 311 g/mol. The number of rotatable bonds is 8. The number of benzene rings is 1. The highest BCUT2D eigenvalue weighted by atomic mass is 16.5. The van der Waals surface area contributed by atoms with Crippen molar-refractivity contribution < 1.29 is 4.74 Å². The summed E-state index contributed by atoms with van der Waals surface area (Å²) in [6, 6.07) is 9.09. The van der Waals surface area contributed by atoms with Crippen molar-refractivity contribution in [3.63, 3.8) is 0 Å². The molecule has 1 aliphatic rings. The lowest BCUT2D eigenvalue weighted by Gasteiger charge is -2.21. The quantitative estimate of drug-likeness (QED) is 0.699. The van der Waals surface area contributed by atoms with Crippen LogP contribution >= 0.6 is 0 Å². The van der Waals surface area contributed by atoms with Crippen molar-refractivity contribution in [3.05, 3.63) is 59.9 Å². The number of ether oxygens (including phenoxy) is 1. The maximum absolute atomic E-state index is 5.76. The minimum Gasteiger partial charge on any atom is -0.489 e. The molecule has 2 aromatic rings. The van der Waals surface area contributed by atoms with E-state index in [0.29, 0.717) is 12.6 Å². The van der Waals surface area contributed by atoms with Crippen LogP contribution in [-0.4, -0.2) is 27.3 Å². The molecule has 1 aromatic heterocycles. The van der Waals surface area contributed by atoms with E-state index in [0.717, 1.165) is 24.4 Å². The van der Waals surface area contributed by atoms with E-state index in [1.54, 1.807) is 0 Å². The normalized spacial score (nSPS) is 14.2. The van der Waals surface area contributed by atoms with E-state index < -0.39 is 0 Å². The Kier molecular flexibility index (Phi) is 4.82. The van der Waals surface area contributed by atoms with Gasteiger partial charge in [0.1, 0.15) is 12.4 Å². The average Bonchev–Trinajstić information content (AvgIpc) is 3.29. The Hall–Kier alpha value is -2.07. The third-order valence-electron chi connectivity index (χ3n) is 3.98. The predicted octanol–water partition coefficient (Wildman–Crippen LogP) is 3.54. The van der Waals surface area contributed by atoms with E-state index in [1.807, 2.05) is 30.9 Å². The van der Waals surface area contributed by atoms with Crippen molar-refractivity contribution in [2.45, 2.75) is 38.9 Å². The third kappa shape index (κ3) is 4.70. The van der Waals surface area contributed by atoms with E-state index in [9.17, 15) is 0 Å². The van der Waals surface area contributed by atoms with Gasteiger partial charge in [-0.25, -0.2) is 0 Å². The van der Waals surface area contributed by atoms with E-state index in [2.05, 4.69) is 41.0 Å². The number of aromatic nitrogens is 2. The van der Waals surface area contributed by atoms with Gasteiger partial charge >= 0.3 is 0 Å². The van der Waals surface area contributed by atoms with Crippen molar-refractivity contribution in [2.24, 2.45) is 7.05 Å². The summed E-state index contributed by atoms with van der Waals surface area (Å²) in [4.78, 5) is 2.54. The molecular weight excluding hydrogens is 286 g/mol. The lowest BCUT2D eigenvalue weighted by molar-refractivity contribution is 0.245. The molecule has 0 radical (unpaired) electrons. The van der Waals surface area contributed by atoms with Crippen LogP contribution in [-0.2, 0) is 20.1 Å². The van der Waals surface area contributed by atoms with Gasteiger partial charge in [0.15, 0.2) is 0 Å². The van der Waals surface area contributed by atoms with Crippen molar-refractivity contribution in [1.82, 2.24) is 14.7 Å². The highest BCUT2D eigenvalue weighted by molar-refractivity contribution is 5.29. The number of hydrogen-bond donors (Lipinski definition) is 0. The lowest BCUT2D eigenvalue weighted by Crippen LogP contribution is -2.24. The van der Waals surface area contributed by atoms with Crippen LogP contribution in [0.1, 0.15) is 30.9 Å². The van der Waals surface area contributed by atoms with Crippen LogP contribution in [0.2, 0.25) is 0 Å². The van der Waals surface area contributed by atoms with Gasteiger partial charge in [-0.2, -0.15) is 5.10 Å². The van der Waals surface area contributed by atoms with Crippen molar-refractivity contribution >= 4 is 0 Å². The fraction of sp³-hybridized carbons (Fsp3) is 0.421. The van der Waals surface area contributed by atoms with Crippen LogP contribution in [0.3, 0.4) is 0 Å². The molecule has 4 heteroatoms. The molecule has 0 atom stereocenters. The van der Waals surface area contributed by atoms with Crippen LogP contribution in [0.4, 0.5) is 0 Å². The second-order valence-electron chi connectivity index (χ2n) is 6.55. The lowest BCUT2D eigenvalue weighted by atomic mass is 10.2. The zero-order valence-corrected chi connectivity index (χ0v) is 14.0. The minimum atomic E-state index is 0.575. The van der Waals surface area contributed by atoms with Crippen LogP contribution in [0, 0.1) is 0 Å². The van der Waals surface area contributed by atoms with Crippen LogP contribution < -0.4 is 4.74 Å². The van der Waals surface area contributed by atoms with Gasteiger partial charge in [-0.05, 0) is 43.0 Å². The Morgan fingerprint density at radius 1 is 1.35 bits per heavy atom. The highest BCUT2D eigenvalue weighted by Gasteiger charge is 2.29. The van der Waals surface area contributed by atoms with Crippen molar-refractivity contribution in [3.8, 4) is 5.75 Å². The molecule has 0 aliphatic heterocycles. The Morgan fingerprint density at radius 3 is 2.78 bits per heavy atom. The molecule has 1 saturated carbocycles. The van der Waals surface area contributed by atoms with E-state index >= 15 is 0 Å². The molecule has 0 saturated heterocycles. The first-order chi connectivity index (χ1) is 11.1. The molecule has 0 amide bonds. The molecule has 0 spiro atoms. The second kappa shape index (κ2) is 7.01. The zero-order chi connectivity index (χ0) is 16.2. The molecular formula is C19H25N3O. The Balaban J connectivity index is 1.65. The van der Waals surface area contributed by atoms with Gasteiger partial charge in [-0.3, -0.25) is 9.58 Å². The molecule has 1 aliphatic carbocycles. The standard InChI is InChI=1S/C19H25N3O/c1-15(2)14-23-19-6-4-5-16(9-19)12-22(18-7-8-18)13-17-10-20-21(3)11-17/h4-6,9-11,18H,1,7-8,12-14H2,2-3H3. The Labute approximate surface area is 138 Å². The third-order valence-corrected chi connectivity index (χ3v) is 3.98. The zero-order valence-electron chi connectivity index (χ0n) is 14.0. The molecule has 122 valence electrons. The molecule has 0 N–H and O–H groups in total. The Morgan fingerprint density at radius 2 is 2.13 bits per heavy atom. The first-order valence-electron chi connectivity index (χ1n) is 8.18. The maximum atomic E-state index is 5.76. The summed E-state index contributed by atoms with van der Waals surface area (Å²) in [5.74, 6) is 0.919. The summed E-state index contributed by atoms with van der Waals surface area (Å²) in [6.45, 7) is 8.34. The molecule has 4 nitrogen and oxygen atoms in total. The highest BCUT2D eigenvalue weighted by Crippen LogP contribution is 2.30. The van der Waals surface area contributed by atoms with Crippen LogP contribution in [0.15, 0.2) is 48.8 Å². The fourth-order valence-corrected chi connectivity index (χ4v) is 2.72. The minimum absolute atomic E-state index is 0.575. The molecule has 1 aromatic carbocycles. The number of hydrogen-bond acceptors (Lipinski definition) is 3. The maximum Gasteiger partial charge on any atom is 0.120 e. The topological polar surface area (TPSA) is 30.3 Å². The summed E-state index contributed by atoms with van der Waals surface area (Å²) in [5.41, 5.74) is 3.60. The summed E-state index contributed by atoms with van der Waals surface area (Å²) < 4.78 is 7.62. The van der Waals surface area contributed by atoms with E-state index in [1.165, 1.54) is 24.0 Å². The summed E-state index contributed by atoms with van der Waals surface area (Å²) in [7, 11) is 1.97. The van der Waals surface area contributed by atoms with Crippen LogP contribution in [0.5, 0.6) is 5.75 Å². The summed E-state index contributed by atoms with van der Waals surface area (Å²) >= 11 is 0. The van der Waals surface area contributed by atoms with Gasteiger partial charge in [-0.15, -0.1) is 0 Å². The fourth-order valence-electron chi connectivity index (χ4n) is 2.72. The molecule has 1 fully saturated rings. The summed E-state index contributed by atoms with van der Waals surface area (Å²) in [5, 5.41) is 4.27. The van der Waals surface area contributed by atoms with Gasteiger partial charge in [0.25, 0.3) is 0 Å². The number of aryl methyl sites for hydroxylation is 1. The first kappa shape index (κ1) is 15.8. The van der Waals surface area contributed by atoms with E-state index in [4.69, 9.17) is 4.74 Å². The molecule has 0 unspecified atom stereocenters. The summed E-state index contributed by atoms with van der Waals surface area (Å²) in [6.07, 6.45) is 6.65. The number of nitrogens with zero attached hydrogens (tertiary/aromatic N) is 3. The van der Waals surface area contributed by atoms with Crippen molar-refractivity contribution in [1.29, 1.82) is 0 Å². The van der Waals surface area contributed by atoms with Gasteiger partial charge in [0.05, 0.1) is 6.20 Å². The Bertz CT molecular complexity index is 673. The van der Waals surface area contributed by atoms with E-state index in [-0.39, 0.29) is 0 Å². The first-order valence-corrected chi connectivity index (χ1v) is 8.18. The largest absolute Gasteiger partial charge is 0.489 e. The SMILES string of the molecule is C=C(C)COc1cccc(CN(Cc2cnn(C)c2)C2CC2)c1.